The Balaban J connectivity index is 1.49. The molecule has 182 valence electrons. The Labute approximate surface area is 200 Å². The third-order valence-electron chi connectivity index (χ3n) is 7.87. The van der Waals surface area contributed by atoms with E-state index in [0.29, 0.717) is 6.54 Å². The molecule has 3 N–H and O–H groups in total. The van der Waals surface area contributed by atoms with Gasteiger partial charge in [0.25, 0.3) is 0 Å². The van der Waals surface area contributed by atoms with Crippen molar-refractivity contribution in [3.8, 4) is 0 Å². The SMILES string of the molecule is CC(C)(C)N(C(=O)O)[C@@H]1CCCC[C@@H]1C(=O)N1CC[C@@H]2[C@@H](c3ncc[nH]3)Nc3ccccc3[C@H]21. The van der Waals surface area contributed by atoms with E-state index in [1.165, 1.54) is 4.90 Å². The van der Waals surface area contributed by atoms with Crippen molar-refractivity contribution in [2.45, 2.75) is 76.5 Å². The Morgan fingerprint density at radius 3 is 2.62 bits per heavy atom. The van der Waals surface area contributed by atoms with Crippen LogP contribution in [0.3, 0.4) is 0 Å². The number of hydrogen-bond donors (Lipinski definition) is 3. The normalized spacial score (nSPS) is 28.6. The molecule has 5 rings (SSSR count). The number of carbonyl (C=O) groups is 2. The number of nitrogens with one attached hydrogen (secondary N) is 2. The molecule has 3 aliphatic rings. The fraction of sp³-hybridized carbons (Fsp3) is 0.577. The standard InChI is InChI=1S/C26H35N5O3/c1-26(2,3)31(25(33)34)20-11-7-5-9-17(20)24(32)30-15-12-18-21(23-27-13-14-28-23)29-19-10-6-4-8-16(19)22(18)30/h4,6,8,10,13-14,17-18,20-22,29H,5,7,9,11-12,15H2,1-3H3,(H,27,28)(H,33,34)/t17-,18+,20+,21-,22+/m0/s1. The van der Waals surface area contributed by atoms with Crippen molar-refractivity contribution in [2.24, 2.45) is 11.8 Å². The van der Waals surface area contributed by atoms with Crippen LogP contribution in [0.15, 0.2) is 36.7 Å². The van der Waals surface area contributed by atoms with Crippen LogP contribution >= 0.6 is 0 Å². The highest BCUT2D eigenvalue weighted by molar-refractivity contribution is 5.82. The van der Waals surface area contributed by atoms with Crippen LogP contribution in [0.25, 0.3) is 0 Å². The van der Waals surface area contributed by atoms with Crippen molar-refractivity contribution in [1.29, 1.82) is 0 Å². The highest BCUT2D eigenvalue weighted by Gasteiger charge is 2.50. The summed E-state index contributed by atoms with van der Waals surface area (Å²) in [7, 11) is 0. The van der Waals surface area contributed by atoms with E-state index < -0.39 is 11.6 Å². The minimum atomic E-state index is -0.943. The first-order chi connectivity index (χ1) is 16.3. The third kappa shape index (κ3) is 3.83. The molecule has 0 spiro atoms. The summed E-state index contributed by atoms with van der Waals surface area (Å²) < 4.78 is 0. The van der Waals surface area contributed by atoms with E-state index in [0.717, 1.165) is 49.2 Å². The average molecular weight is 466 g/mol. The zero-order valence-electron chi connectivity index (χ0n) is 20.2. The highest BCUT2D eigenvalue weighted by atomic mass is 16.4. The Bertz CT molecular complexity index is 1050. The number of para-hydroxylation sites is 1. The van der Waals surface area contributed by atoms with Gasteiger partial charge in [0.1, 0.15) is 5.82 Å². The predicted molar refractivity (Wildman–Crippen MR) is 129 cm³/mol. The van der Waals surface area contributed by atoms with E-state index in [-0.39, 0.29) is 35.9 Å². The van der Waals surface area contributed by atoms with E-state index in [1.54, 1.807) is 6.20 Å². The number of carbonyl (C=O) groups excluding carboxylic acids is 1. The quantitative estimate of drug-likeness (QED) is 0.604. The van der Waals surface area contributed by atoms with Crippen LogP contribution in [0.2, 0.25) is 0 Å². The largest absolute Gasteiger partial charge is 0.465 e. The number of rotatable bonds is 3. The Morgan fingerprint density at radius 1 is 1.15 bits per heavy atom. The van der Waals surface area contributed by atoms with E-state index >= 15 is 0 Å². The van der Waals surface area contributed by atoms with Gasteiger partial charge in [-0.1, -0.05) is 31.0 Å². The lowest BCUT2D eigenvalue weighted by Gasteiger charge is -2.46. The Kier molecular flexibility index (Phi) is 5.78. The van der Waals surface area contributed by atoms with Crippen molar-refractivity contribution in [1.82, 2.24) is 19.8 Å². The summed E-state index contributed by atoms with van der Waals surface area (Å²) in [4.78, 5) is 37.8. The summed E-state index contributed by atoms with van der Waals surface area (Å²) in [5.74, 6) is 0.874. The molecule has 1 aliphatic carbocycles. The lowest BCUT2D eigenvalue weighted by atomic mass is 9.79. The number of carboxylic acid groups (broad SMARTS) is 1. The Hall–Kier alpha value is -3.03. The Morgan fingerprint density at radius 2 is 1.91 bits per heavy atom. The molecule has 2 aliphatic heterocycles. The second kappa shape index (κ2) is 8.64. The van der Waals surface area contributed by atoms with Crippen LogP contribution in [0.1, 0.15) is 76.3 Å². The second-order valence-corrected chi connectivity index (χ2v) is 10.9. The number of H-pyrrole nitrogens is 1. The topological polar surface area (TPSA) is 102 Å². The molecule has 8 heteroatoms. The van der Waals surface area contributed by atoms with Gasteiger partial charge in [0.05, 0.1) is 18.0 Å². The van der Waals surface area contributed by atoms with Gasteiger partial charge in [0.15, 0.2) is 0 Å². The first-order valence-electron chi connectivity index (χ1n) is 12.4. The maximum absolute atomic E-state index is 14.2. The number of imidazole rings is 1. The average Bonchev–Trinajstić information content (AvgIpc) is 3.48. The summed E-state index contributed by atoms with van der Waals surface area (Å²) in [6.07, 6.45) is 6.92. The minimum absolute atomic E-state index is 0.0000500. The molecule has 0 bridgehead atoms. The number of fused-ring (bicyclic) bond motifs is 3. The van der Waals surface area contributed by atoms with Crippen LogP contribution in [-0.4, -0.2) is 55.0 Å². The van der Waals surface area contributed by atoms with Crippen LogP contribution in [0, 0.1) is 11.8 Å². The molecule has 5 atom stereocenters. The molecule has 1 saturated carbocycles. The van der Waals surface area contributed by atoms with Gasteiger partial charge >= 0.3 is 6.09 Å². The van der Waals surface area contributed by atoms with Gasteiger partial charge in [-0.2, -0.15) is 0 Å². The maximum atomic E-state index is 14.2. The summed E-state index contributed by atoms with van der Waals surface area (Å²) in [6, 6.07) is 7.88. The van der Waals surface area contributed by atoms with Gasteiger partial charge in [0, 0.05) is 42.1 Å². The smallest absolute Gasteiger partial charge is 0.408 e. The molecule has 2 fully saturated rings. The molecular formula is C26H35N5O3. The second-order valence-electron chi connectivity index (χ2n) is 10.9. The number of aromatic amines is 1. The summed E-state index contributed by atoms with van der Waals surface area (Å²) >= 11 is 0. The van der Waals surface area contributed by atoms with Gasteiger partial charge in [0.2, 0.25) is 5.91 Å². The third-order valence-corrected chi connectivity index (χ3v) is 7.87. The zero-order valence-corrected chi connectivity index (χ0v) is 20.2. The molecule has 2 aromatic rings. The molecular weight excluding hydrogens is 430 g/mol. The number of aromatic nitrogens is 2. The first-order valence-corrected chi connectivity index (χ1v) is 12.4. The van der Waals surface area contributed by atoms with E-state index in [1.807, 2.05) is 44.0 Å². The van der Waals surface area contributed by atoms with Crippen molar-refractivity contribution < 1.29 is 14.7 Å². The fourth-order valence-corrected chi connectivity index (χ4v) is 6.54. The van der Waals surface area contributed by atoms with Crippen molar-refractivity contribution >= 4 is 17.7 Å². The number of benzene rings is 1. The van der Waals surface area contributed by atoms with Crippen LogP contribution in [-0.2, 0) is 4.79 Å². The molecule has 1 saturated heterocycles. The van der Waals surface area contributed by atoms with Gasteiger partial charge < -0.3 is 20.3 Å². The van der Waals surface area contributed by atoms with Crippen molar-refractivity contribution in [2.75, 3.05) is 11.9 Å². The number of likely N-dealkylation sites (tertiary alicyclic amines) is 1. The molecule has 1 aromatic carbocycles. The van der Waals surface area contributed by atoms with Crippen molar-refractivity contribution in [3.05, 3.63) is 48.0 Å². The highest BCUT2D eigenvalue weighted by Crippen LogP contribution is 2.51. The first kappa shape index (κ1) is 22.7. The van der Waals surface area contributed by atoms with Gasteiger partial charge in [-0.05, 0) is 51.7 Å². The maximum Gasteiger partial charge on any atom is 0.408 e. The summed E-state index contributed by atoms with van der Waals surface area (Å²) in [5, 5.41) is 13.7. The monoisotopic (exact) mass is 465 g/mol. The molecule has 0 radical (unpaired) electrons. The van der Waals surface area contributed by atoms with Crippen LogP contribution in [0.5, 0.6) is 0 Å². The number of nitrogens with zero attached hydrogens (tertiary/aromatic N) is 3. The lowest BCUT2D eigenvalue weighted by molar-refractivity contribution is -0.141. The van der Waals surface area contributed by atoms with Crippen LogP contribution < -0.4 is 5.32 Å². The fourth-order valence-electron chi connectivity index (χ4n) is 6.54. The number of hydrogen-bond acceptors (Lipinski definition) is 4. The van der Waals surface area contributed by atoms with Gasteiger partial charge in [-0.25, -0.2) is 9.78 Å². The molecule has 3 heterocycles. The molecule has 2 amide bonds. The van der Waals surface area contributed by atoms with Crippen LogP contribution in [0.4, 0.5) is 10.5 Å². The van der Waals surface area contributed by atoms with Gasteiger partial charge in [-0.15, -0.1) is 0 Å². The summed E-state index contributed by atoms with van der Waals surface area (Å²) in [5.41, 5.74) is 1.61. The zero-order chi connectivity index (χ0) is 24.0. The van der Waals surface area contributed by atoms with E-state index in [2.05, 4.69) is 27.4 Å². The van der Waals surface area contributed by atoms with Crippen molar-refractivity contribution in [3.63, 3.8) is 0 Å². The molecule has 34 heavy (non-hydrogen) atoms. The number of anilines is 1. The summed E-state index contributed by atoms with van der Waals surface area (Å²) in [6.45, 7) is 6.42. The van der Waals surface area contributed by atoms with E-state index in [4.69, 9.17) is 0 Å². The van der Waals surface area contributed by atoms with E-state index in [9.17, 15) is 14.7 Å². The van der Waals surface area contributed by atoms with Gasteiger partial charge in [-0.3, -0.25) is 9.69 Å². The molecule has 1 aromatic heterocycles. The molecule has 0 unspecified atom stereocenters. The molecule has 8 nitrogen and oxygen atoms in total. The minimum Gasteiger partial charge on any atom is -0.465 e. The lowest BCUT2D eigenvalue weighted by Crippen LogP contribution is -2.57. The predicted octanol–water partition coefficient (Wildman–Crippen LogP) is 4.80. The number of amides is 2.